The van der Waals surface area contributed by atoms with Crippen molar-refractivity contribution in [3.05, 3.63) is 82.7 Å². The van der Waals surface area contributed by atoms with Crippen molar-refractivity contribution in [1.82, 2.24) is 24.5 Å². The van der Waals surface area contributed by atoms with Crippen LogP contribution in [-0.4, -0.2) is 30.5 Å². The zero-order chi connectivity index (χ0) is 19.7. The summed E-state index contributed by atoms with van der Waals surface area (Å²) >= 11 is 0. The van der Waals surface area contributed by atoms with Gasteiger partial charge in [0.1, 0.15) is 11.4 Å². The third-order valence-corrected chi connectivity index (χ3v) is 4.57. The zero-order valence-corrected chi connectivity index (χ0v) is 15.4. The van der Waals surface area contributed by atoms with E-state index in [9.17, 15) is 9.59 Å². The molecule has 0 aliphatic rings. The van der Waals surface area contributed by atoms with Crippen molar-refractivity contribution in [3.63, 3.8) is 0 Å². The third-order valence-electron chi connectivity index (χ3n) is 4.57. The van der Waals surface area contributed by atoms with E-state index in [1.165, 1.54) is 4.68 Å². The summed E-state index contributed by atoms with van der Waals surface area (Å²) in [4.78, 5) is 29.6. The van der Waals surface area contributed by atoms with Crippen LogP contribution in [0.3, 0.4) is 0 Å². The van der Waals surface area contributed by atoms with Crippen LogP contribution in [0.1, 0.15) is 16.2 Å². The Kier molecular flexibility index (Phi) is 4.36. The van der Waals surface area contributed by atoms with Crippen LogP contribution in [0.4, 0.5) is 5.69 Å². The largest absolute Gasteiger partial charge is 0.314 e. The molecule has 3 heterocycles. The van der Waals surface area contributed by atoms with Crippen LogP contribution in [0.25, 0.3) is 16.9 Å². The van der Waals surface area contributed by atoms with Crippen LogP contribution in [0.2, 0.25) is 0 Å². The standard InChI is InChI=1S/C20H18N6O2/c1-13-18(20(28)26(25(13)2)15-8-4-3-5-9-15)22-19(27)17-11-16(23-24-17)14-7-6-10-21-12-14/h3-12H,1-2H3,(H,22,27)(H,23,24). The van der Waals surface area contributed by atoms with E-state index in [1.807, 2.05) is 36.4 Å². The number of nitrogens with one attached hydrogen (secondary N) is 2. The number of anilines is 1. The molecule has 0 spiro atoms. The molecule has 0 radical (unpaired) electrons. The molecule has 140 valence electrons. The SMILES string of the molecule is Cc1c(NC(=O)c2cc(-c3cccnc3)n[nH]2)c(=O)n(-c2ccccc2)n1C. The molecule has 8 nitrogen and oxygen atoms in total. The molecule has 2 N–H and O–H groups in total. The van der Waals surface area contributed by atoms with Gasteiger partial charge >= 0.3 is 0 Å². The number of aromatic amines is 1. The number of para-hydroxylation sites is 1. The van der Waals surface area contributed by atoms with Gasteiger partial charge in [0.05, 0.1) is 17.1 Å². The fourth-order valence-electron chi connectivity index (χ4n) is 2.99. The van der Waals surface area contributed by atoms with Gasteiger partial charge in [-0.2, -0.15) is 5.10 Å². The van der Waals surface area contributed by atoms with E-state index < -0.39 is 5.91 Å². The Morgan fingerprint density at radius 1 is 1.14 bits per heavy atom. The number of hydrogen-bond donors (Lipinski definition) is 2. The van der Waals surface area contributed by atoms with Gasteiger partial charge < -0.3 is 5.32 Å². The van der Waals surface area contributed by atoms with Crippen molar-refractivity contribution < 1.29 is 4.79 Å². The predicted molar refractivity (Wildman–Crippen MR) is 106 cm³/mol. The molecule has 3 aromatic heterocycles. The quantitative estimate of drug-likeness (QED) is 0.573. The van der Waals surface area contributed by atoms with Gasteiger partial charge in [0.2, 0.25) is 0 Å². The minimum Gasteiger partial charge on any atom is -0.314 e. The zero-order valence-electron chi connectivity index (χ0n) is 15.4. The van der Waals surface area contributed by atoms with Crippen molar-refractivity contribution in [1.29, 1.82) is 0 Å². The molecule has 4 rings (SSSR count). The van der Waals surface area contributed by atoms with Crippen molar-refractivity contribution in [2.24, 2.45) is 7.05 Å². The predicted octanol–water partition coefficient (Wildman–Crippen LogP) is 2.52. The lowest BCUT2D eigenvalue weighted by Crippen LogP contribution is -2.23. The molecular weight excluding hydrogens is 356 g/mol. The van der Waals surface area contributed by atoms with E-state index in [0.717, 1.165) is 11.3 Å². The maximum Gasteiger partial charge on any atom is 0.295 e. The fraction of sp³-hybridized carbons (Fsp3) is 0.100. The Labute approximate surface area is 160 Å². The lowest BCUT2D eigenvalue weighted by atomic mass is 10.2. The fourth-order valence-corrected chi connectivity index (χ4v) is 2.99. The molecule has 0 unspecified atom stereocenters. The summed E-state index contributed by atoms with van der Waals surface area (Å²) < 4.78 is 3.22. The lowest BCUT2D eigenvalue weighted by molar-refractivity contribution is 0.102. The number of carbonyl (C=O) groups is 1. The highest BCUT2D eigenvalue weighted by Gasteiger charge is 2.20. The molecule has 0 aliphatic carbocycles. The maximum absolute atomic E-state index is 12.9. The smallest absolute Gasteiger partial charge is 0.295 e. The van der Waals surface area contributed by atoms with E-state index in [-0.39, 0.29) is 16.9 Å². The number of pyridine rings is 1. The number of rotatable bonds is 4. The molecule has 0 saturated heterocycles. The van der Waals surface area contributed by atoms with Crippen LogP contribution in [0.15, 0.2) is 65.7 Å². The molecule has 0 bridgehead atoms. The second-order valence-electron chi connectivity index (χ2n) is 6.30. The van der Waals surface area contributed by atoms with Gasteiger partial charge in [-0.15, -0.1) is 0 Å². The molecule has 28 heavy (non-hydrogen) atoms. The Morgan fingerprint density at radius 3 is 2.64 bits per heavy atom. The van der Waals surface area contributed by atoms with E-state index in [2.05, 4.69) is 20.5 Å². The van der Waals surface area contributed by atoms with Crippen LogP contribution >= 0.6 is 0 Å². The summed E-state index contributed by atoms with van der Waals surface area (Å²) in [5.74, 6) is -0.436. The Morgan fingerprint density at radius 2 is 1.93 bits per heavy atom. The maximum atomic E-state index is 12.9. The van der Waals surface area contributed by atoms with Crippen molar-refractivity contribution in [2.75, 3.05) is 5.32 Å². The highest BCUT2D eigenvalue weighted by Crippen LogP contribution is 2.18. The normalized spacial score (nSPS) is 10.8. The van der Waals surface area contributed by atoms with E-state index >= 15 is 0 Å². The van der Waals surface area contributed by atoms with Crippen LogP contribution < -0.4 is 10.9 Å². The first-order chi connectivity index (χ1) is 13.6. The summed E-state index contributed by atoms with van der Waals surface area (Å²) in [6, 6.07) is 14.5. The molecule has 0 saturated carbocycles. The van der Waals surface area contributed by atoms with Gasteiger partial charge in [-0.1, -0.05) is 18.2 Å². The molecule has 0 atom stereocenters. The van der Waals surface area contributed by atoms with Gasteiger partial charge in [0.25, 0.3) is 11.5 Å². The molecule has 8 heteroatoms. The van der Waals surface area contributed by atoms with Crippen molar-refractivity contribution in [2.45, 2.75) is 6.92 Å². The highest BCUT2D eigenvalue weighted by molar-refractivity contribution is 6.03. The van der Waals surface area contributed by atoms with Crippen LogP contribution in [-0.2, 0) is 7.05 Å². The summed E-state index contributed by atoms with van der Waals surface area (Å²) in [5.41, 5.74) is 2.95. The average molecular weight is 374 g/mol. The number of amides is 1. The first-order valence-corrected chi connectivity index (χ1v) is 8.67. The number of hydrogen-bond acceptors (Lipinski definition) is 4. The first-order valence-electron chi connectivity index (χ1n) is 8.67. The van der Waals surface area contributed by atoms with E-state index in [4.69, 9.17) is 0 Å². The van der Waals surface area contributed by atoms with Gasteiger partial charge in [0.15, 0.2) is 0 Å². The summed E-state index contributed by atoms with van der Waals surface area (Å²) in [6.07, 6.45) is 3.33. The molecule has 0 aliphatic heterocycles. The second-order valence-corrected chi connectivity index (χ2v) is 6.30. The number of H-pyrrole nitrogens is 1. The van der Waals surface area contributed by atoms with Crippen LogP contribution in [0.5, 0.6) is 0 Å². The molecule has 4 aromatic rings. The minimum absolute atomic E-state index is 0.230. The van der Waals surface area contributed by atoms with Gasteiger partial charge in [-0.3, -0.25) is 24.4 Å². The van der Waals surface area contributed by atoms with Crippen molar-refractivity contribution in [3.8, 4) is 16.9 Å². The van der Waals surface area contributed by atoms with E-state index in [1.54, 1.807) is 43.2 Å². The lowest BCUT2D eigenvalue weighted by Gasteiger charge is -2.07. The molecule has 1 amide bonds. The van der Waals surface area contributed by atoms with Gasteiger partial charge in [0, 0.05) is 25.0 Å². The van der Waals surface area contributed by atoms with Gasteiger partial charge in [-0.05, 0) is 37.3 Å². The van der Waals surface area contributed by atoms with Gasteiger partial charge in [-0.25, -0.2) is 4.68 Å². The Bertz CT molecular complexity index is 1190. The number of aromatic nitrogens is 5. The number of carbonyl (C=O) groups excluding carboxylic acids is 1. The summed E-state index contributed by atoms with van der Waals surface area (Å²) in [7, 11) is 1.77. The Hall–Kier alpha value is -3.94. The first kappa shape index (κ1) is 17.5. The molecular formula is C20H18N6O2. The second kappa shape index (κ2) is 6.99. The molecule has 0 fully saturated rings. The minimum atomic E-state index is -0.436. The Balaban J connectivity index is 1.64. The average Bonchev–Trinajstić information content (AvgIpc) is 3.30. The van der Waals surface area contributed by atoms with Crippen LogP contribution in [0, 0.1) is 6.92 Å². The molecule has 1 aromatic carbocycles. The highest BCUT2D eigenvalue weighted by atomic mass is 16.2. The number of benzene rings is 1. The monoisotopic (exact) mass is 374 g/mol. The summed E-state index contributed by atoms with van der Waals surface area (Å²) in [5, 5.41) is 9.57. The van der Waals surface area contributed by atoms with Crippen molar-refractivity contribution >= 4 is 11.6 Å². The topological polar surface area (TPSA) is 97.6 Å². The third kappa shape index (κ3) is 3.01. The summed E-state index contributed by atoms with van der Waals surface area (Å²) in [6.45, 7) is 1.78. The van der Waals surface area contributed by atoms with E-state index in [0.29, 0.717) is 11.4 Å². The number of nitrogens with zero attached hydrogens (tertiary/aromatic N) is 4.